The second-order valence-electron chi connectivity index (χ2n) is 9.23. The Morgan fingerprint density at radius 2 is 1.94 bits per heavy atom. The second-order valence-corrected chi connectivity index (χ2v) is 10.3. The number of likely N-dealkylation sites (tertiary alicyclic amines) is 1. The van der Waals surface area contributed by atoms with E-state index in [1.807, 2.05) is 32.2 Å². The maximum Gasteiger partial charge on any atom is 0.311 e. The Morgan fingerprint density at radius 3 is 2.62 bits per heavy atom. The van der Waals surface area contributed by atoms with Gasteiger partial charge in [0.1, 0.15) is 10.8 Å². The highest BCUT2D eigenvalue weighted by molar-refractivity contribution is 7.18. The van der Waals surface area contributed by atoms with Gasteiger partial charge in [0.05, 0.1) is 24.0 Å². The first-order chi connectivity index (χ1) is 16.5. The smallest absolute Gasteiger partial charge is 0.311 e. The quantitative estimate of drug-likeness (QED) is 0.324. The minimum Gasteiger partial charge on any atom is -0.491 e. The number of aryl methyl sites for hydroxylation is 1. The lowest BCUT2D eigenvalue weighted by Crippen LogP contribution is -2.49. The number of hydrogen-bond donors (Lipinski definition) is 0. The van der Waals surface area contributed by atoms with Crippen molar-refractivity contribution in [1.29, 1.82) is 0 Å². The van der Waals surface area contributed by atoms with Gasteiger partial charge in [0.25, 0.3) is 0 Å². The van der Waals surface area contributed by atoms with Crippen molar-refractivity contribution in [3.8, 4) is 26.8 Å². The zero-order valence-corrected chi connectivity index (χ0v) is 21.4. The van der Waals surface area contributed by atoms with Crippen LogP contribution in [0.3, 0.4) is 0 Å². The number of hydrogen-bond acceptors (Lipinski definition) is 6. The molecule has 0 N–H and O–H groups in total. The maximum absolute atomic E-state index is 11.7. The summed E-state index contributed by atoms with van der Waals surface area (Å²) in [5.74, 6) is 0.807. The molecule has 3 aromatic rings. The van der Waals surface area contributed by atoms with Crippen LogP contribution in [0, 0.1) is 5.92 Å². The van der Waals surface area contributed by atoms with Crippen LogP contribution in [0.1, 0.15) is 44.7 Å². The fraction of sp³-hybridized carbons (Fsp3) is 0.429. The number of benzene rings is 2. The Kier molecular flexibility index (Phi) is 8.01. The molecule has 2 aromatic carbocycles. The molecule has 2 heterocycles. The first kappa shape index (κ1) is 24.4. The number of carbonyl (C=O) groups excluding carboxylic acids is 1. The third kappa shape index (κ3) is 5.86. The molecule has 6 heteroatoms. The summed E-state index contributed by atoms with van der Waals surface area (Å²) < 4.78 is 10.6. The number of thiazole rings is 1. The summed E-state index contributed by atoms with van der Waals surface area (Å²) in [6.07, 6.45) is 5.49. The molecule has 1 saturated heterocycles. The first-order valence-electron chi connectivity index (χ1n) is 12.1. The monoisotopic (exact) mass is 478 g/mol. The third-order valence-electron chi connectivity index (χ3n) is 6.11. The molecule has 0 bridgehead atoms. The summed E-state index contributed by atoms with van der Waals surface area (Å²) in [7, 11) is 1.46. The van der Waals surface area contributed by atoms with Crippen LogP contribution in [0.5, 0.6) is 5.75 Å². The summed E-state index contributed by atoms with van der Waals surface area (Å²) in [4.78, 5) is 19.9. The van der Waals surface area contributed by atoms with Gasteiger partial charge in [-0.05, 0) is 67.6 Å². The SMILES string of the molecule is CCCCc1cc(CN2CC(C(=O)OC)C2)ccc1-c1ncc(-c2ccc(OC(C)C)cc2)s1. The molecule has 1 fully saturated rings. The van der Waals surface area contributed by atoms with Crippen LogP contribution in [-0.2, 0) is 22.5 Å². The lowest BCUT2D eigenvalue weighted by atomic mass is 9.96. The number of rotatable bonds is 10. The second kappa shape index (κ2) is 11.2. The van der Waals surface area contributed by atoms with Gasteiger partial charge >= 0.3 is 5.97 Å². The normalized spacial score (nSPS) is 14.3. The van der Waals surface area contributed by atoms with Crippen molar-refractivity contribution in [2.45, 2.75) is 52.7 Å². The number of unbranched alkanes of at least 4 members (excludes halogenated alkanes) is 1. The standard InChI is InChI=1S/C28H34N2O3S/c1-5-6-7-22-14-20(16-30-17-23(18-30)28(31)32-4)8-13-25(22)27-29-15-26(34-27)21-9-11-24(12-10-21)33-19(2)3/h8-15,19,23H,5-7,16-18H2,1-4H3. The van der Waals surface area contributed by atoms with E-state index in [0.29, 0.717) is 0 Å². The summed E-state index contributed by atoms with van der Waals surface area (Å²) >= 11 is 1.73. The van der Waals surface area contributed by atoms with E-state index in [9.17, 15) is 4.79 Å². The minimum atomic E-state index is -0.100. The van der Waals surface area contributed by atoms with E-state index in [2.05, 4.69) is 42.2 Å². The average molecular weight is 479 g/mol. The van der Waals surface area contributed by atoms with Crippen LogP contribution < -0.4 is 4.74 Å². The van der Waals surface area contributed by atoms with Crippen molar-refractivity contribution in [2.75, 3.05) is 20.2 Å². The summed E-state index contributed by atoms with van der Waals surface area (Å²) in [6, 6.07) is 15.0. The molecule has 0 unspecified atom stereocenters. The van der Waals surface area contributed by atoms with Crippen LogP contribution in [0.15, 0.2) is 48.7 Å². The van der Waals surface area contributed by atoms with Crippen molar-refractivity contribution in [2.24, 2.45) is 5.92 Å². The van der Waals surface area contributed by atoms with Crippen molar-refractivity contribution in [1.82, 2.24) is 9.88 Å². The first-order valence-corrected chi connectivity index (χ1v) is 12.9. The lowest BCUT2D eigenvalue weighted by molar-refractivity contribution is -0.151. The molecule has 0 spiro atoms. The Morgan fingerprint density at radius 1 is 1.18 bits per heavy atom. The Hall–Kier alpha value is -2.70. The van der Waals surface area contributed by atoms with Crippen LogP contribution in [0.25, 0.3) is 21.0 Å². The summed E-state index contributed by atoms with van der Waals surface area (Å²) in [5.41, 5.74) is 5.02. The van der Waals surface area contributed by atoms with E-state index in [0.717, 1.165) is 60.1 Å². The zero-order valence-electron chi connectivity index (χ0n) is 20.5. The van der Waals surface area contributed by atoms with Gasteiger partial charge in [-0.25, -0.2) is 4.98 Å². The molecule has 180 valence electrons. The molecule has 0 saturated carbocycles. The molecular weight excluding hydrogens is 444 g/mol. The van der Waals surface area contributed by atoms with E-state index in [1.54, 1.807) is 11.3 Å². The van der Waals surface area contributed by atoms with Gasteiger partial charge in [0.15, 0.2) is 0 Å². The molecule has 0 amide bonds. The zero-order chi connectivity index (χ0) is 24.1. The highest BCUT2D eigenvalue weighted by atomic mass is 32.1. The van der Waals surface area contributed by atoms with Gasteiger partial charge in [0, 0.05) is 31.4 Å². The van der Waals surface area contributed by atoms with Gasteiger partial charge in [-0.3, -0.25) is 9.69 Å². The molecule has 1 aromatic heterocycles. The lowest BCUT2D eigenvalue weighted by Gasteiger charge is -2.37. The van der Waals surface area contributed by atoms with Crippen LogP contribution in [-0.4, -0.2) is 42.2 Å². The van der Waals surface area contributed by atoms with E-state index < -0.39 is 0 Å². The molecule has 4 rings (SSSR count). The Balaban J connectivity index is 1.50. The van der Waals surface area contributed by atoms with Crippen LogP contribution in [0.2, 0.25) is 0 Å². The number of aromatic nitrogens is 1. The number of ether oxygens (including phenoxy) is 2. The predicted molar refractivity (Wildman–Crippen MR) is 138 cm³/mol. The average Bonchev–Trinajstić information content (AvgIpc) is 3.29. The van der Waals surface area contributed by atoms with Crippen LogP contribution >= 0.6 is 11.3 Å². The van der Waals surface area contributed by atoms with Crippen molar-refractivity contribution in [3.63, 3.8) is 0 Å². The molecular formula is C28H34N2O3S. The van der Waals surface area contributed by atoms with Gasteiger partial charge in [-0.2, -0.15) is 0 Å². The highest BCUT2D eigenvalue weighted by Crippen LogP contribution is 2.35. The Bertz CT molecular complexity index is 1100. The van der Waals surface area contributed by atoms with E-state index >= 15 is 0 Å². The highest BCUT2D eigenvalue weighted by Gasteiger charge is 2.33. The van der Waals surface area contributed by atoms with Crippen molar-refractivity contribution >= 4 is 17.3 Å². The largest absolute Gasteiger partial charge is 0.491 e. The minimum absolute atomic E-state index is 0.0172. The van der Waals surface area contributed by atoms with E-state index in [4.69, 9.17) is 14.5 Å². The molecule has 0 atom stereocenters. The van der Waals surface area contributed by atoms with Gasteiger partial charge in [-0.15, -0.1) is 11.3 Å². The number of nitrogens with zero attached hydrogens (tertiary/aromatic N) is 2. The number of methoxy groups -OCH3 is 1. The van der Waals surface area contributed by atoms with Crippen molar-refractivity contribution < 1.29 is 14.3 Å². The number of esters is 1. The molecule has 34 heavy (non-hydrogen) atoms. The fourth-order valence-corrected chi connectivity index (χ4v) is 5.29. The summed E-state index contributed by atoms with van der Waals surface area (Å²) in [6.45, 7) is 8.71. The number of carbonyl (C=O) groups is 1. The van der Waals surface area contributed by atoms with Gasteiger partial charge in [-0.1, -0.05) is 31.5 Å². The fourth-order valence-electron chi connectivity index (χ4n) is 4.30. The molecule has 1 aliphatic heterocycles. The van der Waals surface area contributed by atoms with E-state index in [1.165, 1.54) is 23.8 Å². The predicted octanol–water partition coefficient (Wildman–Crippen LogP) is 6.21. The molecule has 0 aliphatic carbocycles. The van der Waals surface area contributed by atoms with Crippen LogP contribution in [0.4, 0.5) is 0 Å². The topological polar surface area (TPSA) is 51.7 Å². The molecule has 1 aliphatic rings. The molecule has 5 nitrogen and oxygen atoms in total. The van der Waals surface area contributed by atoms with E-state index in [-0.39, 0.29) is 18.0 Å². The van der Waals surface area contributed by atoms with Gasteiger partial charge < -0.3 is 9.47 Å². The maximum atomic E-state index is 11.7. The van der Waals surface area contributed by atoms with Gasteiger partial charge in [0.2, 0.25) is 0 Å². The molecule has 0 radical (unpaired) electrons. The van der Waals surface area contributed by atoms with Crippen molar-refractivity contribution in [3.05, 3.63) is 59.8 Å². The summed E-state index contributed by atoms with van der Waals surface area (Å²) in [5, 5.41) is 1.06. The Labute approximate surface area is 206 Å². The third-order valence-corrected chi connectivity index (χ3v) is 7.19.